The zero-order chi connectivity index (χ0) is 10.6. The summed E-state index contributed by atoms with van der Waals surface area (Å²) in [6.07, 6.45) is 0. The molecule has 0 atom stereocenters. The zero-order valence-corrected chi connectivity index (χ0v) is 8.00. The highest BCUT2D eigenvalue weighted by Gasteiger charge is 2.05. The topological polar surface area (TPSA) is 69.1 Å². The van der Waals surface area contributed by atoms with Gasteiger partial charge in [-0.3, -0.25) is 4.79 Å². The minimum absolute atomic E-state index is 0.270. The second kappa shape index (κ2) is 4.45. The number of carbonyl (C=O) groups excluding carboxylic acids is 1. The maximum atomic E-state index is 11.1. The number of benzene rings is 1. The SMILES string of the molecule is Cc1ccc(C#CCN)c(C(N)=O)c1. The van der Waals surface area contributed by atoms with Crippen LogP contribution in [0.5, 0.6) is 0 Å². The van der Waals surface area contributed by atoms with Gasteiger partial charge in [-0.15, -0.1) is 0 Å². The average molecular weight is 188 g/mol. The van der Waals surface area contributed by atoms with Crippen LogP contribution >= 0.6 is 0 Å². The van der Waals surface area contributed by atoms with E-state index >= 15 is 0 Å². The average Bonchev–Trinajstić information content (AvgIpc) is 2.15. The van der Waals surface area contributed by atoms with Gasteiger partial charge in [0.25, 0.3) is 0 Å². The van der Waals surface area contributed by atoms with Gasteiger partial charge >= 0.3 is 0 Å². The predicted octanol–water partition coefficient (Wildman–Crippen LogP) is 0.404. The Balaban J connectivity index is 3.22. The van der Waals surface area contributed by atoms with Gasteiger partial charge in [-0.25, -0.2) is 0 Å². The first kappa shape index (κ1) is 10.3. The summed E-state index contributed by atoms with van der Waals surface area (Å²) in [6.45, 7) is 2.17. The number of hydrogen-bond donors (Lipinski definition) is 2. The van der Waals surface area contributed by atoms with Crippen LogP contribution in [0.15, 0.2) is 18.2 Å². The van der Waals surface area contributed by atoms with Gasteiger partial charge in [0.1, 0.15) is 0 Å². The molecule has 0 radical (unpaired) electrons. The molecular formula is C11H12N2O. The first-order valence-corrected chi connectivity index (χ1v) is 4.24. The fourth-order valence-electron chi connectivity index (χ4n) is 1.12. The van der Waals surface area contributed by atoms with E-state index in [0.717, 1.165) is 5.56 Å². The smallest absolute Gasteiger partial charge is 0.249 e. The highest BCUT2D eigenvalue weighted by Crippen LogP contribution is 2.09. The van der Waals surface area contributed by atoms with Gasteiger partial charge in [-0.2, -0.15) is 0 Å². The fraction of sp³-hybridized carbons (Fsp3) is 0.182. The van der Waals surface area contributed by atoms with Crippen LogP contribution in [0.1, 0.15) is 21.5 Å². The van der Waals surface area contributed by atoms with E-state index in [1.807, 2.05) is 13.0 Å². The van der Waals surface area contributed by atoms with E-state index in [-0.39, 0.29) is 6.54 Å². The van der Waals surface area contributed by atoms with E-state index in [0.29, 0.717) is 11.1 Å². The van der Waals surface area contributed by atoms with Crippen molar-refractivity contribution in [2.75, 3.05) is 6.54 Å². The Morgan fingerprint density at radius 3 is 2.79 bits per heavy atom. The predicted molar refractivity (Wildman–Crippen MR) is 55.6 cm³/mol. The van der Waals surface area contributed by atoms with Crippen molar-refractivity contribution in [3.05, 3.63) is 34.9 Å². The lowest BCUT2D eigenvalue weighted by atomic mass is 10.0. The minimum atomic E-state index is -0.463. The first-order chi connectivity index (χ1) is 6.65. The third kappa shape index (κ3) is 2.35. The molecule has 72 valence electrons. The summed E-state index contributed by atoms with van der Waals surface area (Å²) in [7, 11) is 0. The van der Waals surface area contributed by atoms with Crippen LogP contribution in [-0.2, 0) is 0 Å². The van der Waals surface area contributed by atoms with Crippen molar-refractivity contribution < 1.29 is 4.79 Å². The molecule has 0 aliphatic rings. The molecule has 0 aliphatic carbocycles. The summed E-state index contributed by atoms with van der Waals surface area (Å²) >= 11 is 0. The molecule has 0 bridgehead atoms. The third-order valence-corrected chi connectivity index (χ3v) is 1.77. The summed E-state index contributed by atoms with van der Waals surface area (Å²) in [4.78, 5) is 11.1. The Kier molecular flexibility index (Phi) is 3.27. The molecule has 3 heteroatoms. The maximum Gasteiger partial charge on any atom is 0.249 e. The van der Waals surface area contributed by atoms with Crippen molar-refractivity contribution in [2.45, 2.75) is 6.92 Å². The van der Waals surface area contributed by atoms with Gasteiger partial charge in [0.2, 0.25) is 5.91 Å². The van der Waals surface area contributed by atoms with Gasteiger partial charge in [0.15, 0.2) is 0 Å². The number of hydrogen-bond acceptors (Lipinski definition) is 2. The van der Waals surface area contributed by atoms with Crippen molar-refractivity contribution in [1.82, 2.24) is 0 Å². The van der Waals surface area contributed by atoms with Crippen LogP contribution in [0, 0.1) is 18.8 Å². The summed E-state index contributed by atoms with van der Waals surface area (Å²) in [6, 6.07) is 5.38. The second-order valence-corrected chi connectivity index (χ2v) is 2.92. The summed E-state index contributed by atoms with van der Waals surface area (Å²) in [5.41, 5.74) is 12.5. The van der Waals surface area contributed by atoms with Gasteiger partial charge in [-0.1, -0.05) is 23.5 Å². The quantitative estimate of drug-likeness (QED) is 0.626. The maximum absolute atomic E-state index is 11.1. The van der Waals surface area contributed by atoms with E-state index in [4.69, 9.17) is 11.5 Å². The van der Waals surface area contributed by atoms with Gasteiger partial charge in [-0.05, 0) is 19.1 Å². The monoisotopic (exact) mass is 188 g/mol. The van der Waals surface area contributed by atoms with E-state index in [1.54, 1.807) is 12.1 Å². The lowest BCUT2D eigenvalue weighted by molar-refractivity contribution is 0.1000. The van der Waals surface area contributed by atoms with E-state index in [2.05, 4.69) is 11.8 Å². The van der Waals surface area contributed by atoms with Crippen LogP contribution < -0.4 is 11.5 Å². The Morgan fingerprint density at radius 2 is 2.21 bits per heavy atom. The van der Waals surface area contributed by atoms with Crippen molar-refractivity contribution in [2.24, 2.45) is 11.5 Å². The minimum Gasteiger partial charge on any atom is -0.366 e. The van der Waals surface area contributed by atoms with Crippen LogP contribution in [0.2, 0.25) is 0 Å². The number of rotatable bonds is 1. The molecule has 0 unspecified atom stereocenters. The van der Waals surface area contributed by atoms with Crippen LogP contribution in [-0.4, -0.2) is 12.5 Å². The normalized spacial score (nSPS) is 9.00. The standard InChI is InChI=1S/C11H12N2O/c1-8-4-5-9(3-2-6-12)10(7-8)11(13)14/h4-5,7H,6,12H2,1H3,(H2,13,14). The molecule has 0 heterocycles. The molecule has 0 saturated carbocycles. The molecule has 0 aliphatic heterocycles. The summed E-state index contributed by atoms with van der Waals surface area (Å²) < 4.78 is 0. The third-order valence-electron chi connectivity index (χ3n) is 1.77. The number of aryl methyl sites for hydroxylation is 1. The molecule has 1 rings (SSSR count). The second-order valence-electron chi connectivity index (χ2n) is 2.92. The van der Waals surface area contributed by atoms with Gasteiger partial charge in [0.05, 0.1) is 12.1 Å². The molecule has 0 saturated heterocycles. The van der Waals surface area contributed by atoms with Crippen molar-refractivity contribution in [1.29, 1.82) is 0 Å². The van der Waals surface area contributed by atoms with Crippen LogP contribution in [0.4, 0.5) is 0 Å². The van der Waals surface area contributed by atoms with Gasteiger partial charge < -0.3 is 11.5 Å². The van der Waals surface area contributed by atoms with Crippen molar-refractivity contribution >= 4 is 5.91 Å². The molecule has 0 fully saturated rings. The number of primary amides is 1. The zero-order valence-electron chi connectivity index (χ0n) is 8.00. The number of amides is 1. The lowest BCUT2D eigenvalue weighted by Gasteiger charge is -2.01. The van der Waals surface area contributed by atoms with Crippen molar-refractivity contribution in [3.63, 3.8) is 0 Å². The van der Waals surface area contributed by atoms with Crippen LogP contribution in [0.3, 0.4) is 0 Å². The highest BCUT2D eigenvalue weighted by atomic mass is 16.1. The Morgan fingerprint density at radius 1 is 1.50 bits per heavy atom. The molecule has 0 aromatic heterocycles. The highest BCUT2D eigenvalue weighted by molar-refractivity contribution is 5.95. The lowest BCUT2D eigenvalue weighted by Crippen LogP contribution is -2.13. The number of carbonyl (C=O) groups is 1. The first-order valence-electron chi connectivity index (χ1n) is 4.24. The molecular weight excluding hydrogens is 176 g/mol. The van der Waals surface area contributed by atoms with E-state index < -0.39 is 5.91 Å². The number of nitrogens with two attached hydrogens (primary N) is 2. The Bertz CT molecular complexity index is 413. The Labute approximate surface area is 83.1 Å². The molecule has 1 aromatic carbocycles. The van der Waals surface area contributed by atoms with Crippen molar-refractivity contribution in [3.8, 4) is 11.8 Å². The van der Waals surface area contributed by atoms with Crippen LogP contribution in [0.25, 0.3) is 0 Å². The molecule has 0 spiro atoms. The fourth-order valence-corrected chi connectivity index (χ4v) is 1.12. The molecule has 14 heavy (non-hydrogen) atoms. The molecule has 1 amide bonds. The van der Waals surface area contributed by atoms with E-state index in [9.17, 15) is 4.79 Å². The van der Waals surface area contributed by atoms with Gasteiger partial charge in [0, 0.05) is 5.56 Å². The largest absolute Gasteiger partial charge is 0.366 e. The molecule has 3 nitrogen and oxygen atoms in total. The summed E-state index contributed by atoms with van der Waals surface area (Å²) in [5, 5.41) is 0. The molecule has 1 aromatic rings. The molecule has 4 N–H and O–H groups in total. The Hall–Kier alpha value is -1.79. The summed E-state index contributed by atoms with van der Waals surface area (Å²) in [5.74, 6) is 5.03. The van der Waals surface area contributed by atoms with E-state index in [1.165, 1.54) is 0 Å².